The number of benzene rings is 1. The summed E-state index contributed by atoms with van der Waals surface area (Å²) in [4.78, 5) is 15.0. The van der Waals surface area contributed by atoms with Gasteiger partial charge in [0.15, 0.2) is 11.7 Å². The SMILES string of the molecule is CC1CC=NN2C(=N1)C(N1CCN3CCCC3C1)=Nc1ccc(Cl)cc12. The molecule has 0 saturated carbocycles. The number of fused-ring (bicyclic) bond motifs is 4. The zero-order valence-electron chi connectivity index (χ0n) is 15.0. The molecule has 2 fully saturated rings. The van der Waals surface area contributed by atoms with E-state index in [9.17, 15) is 0 Å². The monoisotopic (exact) mass is 370 g/mol. The number of aliphatic imine (C=N–C) groups is 2. The number of hydrogen-bond acceptors (Lipinski definition) is 6. The van der Waals surface area contributed by atoms with E-state index in [1.165, 1.54) is 19.4 Å². The minimum absolute atomic E-state index is 0.192. The maximum absolute atomic E-state index is 6.24. The van der Waals surface area contributed by atoms with Crippen molar-refractivity contribution in [2.24, 2.45) is 15.1 Å². The van der Waals surface area contributed by atoms with Gasteiger partial charge in [0.25, 0.3) is 0 Å². The zero-order chi connectivity index (χ0) is 17.7. The van der Waals surface area contributed by atoms with Gasteiger partial charge in [0, 0.05) is 43.3 Å². The minimum Gasteiger partial charge on any atom is -0.351 e. The van der Waals surface area contributed by atoms with Crippen molar-refractivity contribution in [3.8, 4) is 0 Å². The summed E-state index contributed by atoms with van der Waals surface area (Å²) >= 11 is 6.24. The normalized spacial score (nSPS) is 28.1. The number of nitrogens with zero attached hydrogens (tertiary/aromatic N) is 6. The predicted molar refractivity (Wildman–Crippen MR) is 107 cm³/mol. The van der Waals surface area contributed by atoms with Gasteiger partial charge < -0.3 is 4.90 Å². The molecule has 0 aromatic heterocycles. The number of halogens is 1. The van der Waals surface area contributed by atoms with Crippen molar-refractivity contribution in [3.05, 3.63) is 23.2 Å². The highest BCUT2D eigenvalue weighted by atomic mass is 35.5. The molecule has 0 N–H and O–H groups in total. The van der Waals surface area contributed by atoms with Crippen LogP contribution in [0.15, 0.2) is 33.3 Å². The maximum Gasteiger partial charge on any atom is 0.193 e. The molecule has 4 aliphatic heterocycles. The highest BCUT2D eigenvalue weighted by Crippen LogP contribution is 2.37. The van der Waals surface area contributed by atoms with Crippen molar-refractivity contribution in [2.75, 3.05) is 31.2 Å². The van der Waals surface area contributed by atoms with Crippen molar-refractivity contribution in [2.45, 2.75) is 38.3 Å². The third-order valence-corrected chi connectivity index (χ3v) is 5.90. The summed E-state index contributed by atoms with van der Waals surface area (Å²) in [5, 5.41) is 7.30. The Morgan fingerprint density at radius 1 is 1.15 bits per heavy atom. The van der Waals surface area contributed by atoms with E-state index in [1.807, 2.05) is 29.4 Å². The van der Waals surface area contributed by atoms with E-state index in [0.29, 0.717) is 11.1 Å². The molecule has 2 unspecified atom stereocenters. The number of anilines is 1. The van der Waals surface area contributed by atoms with E-state index in [1.54, 1.807) is 0 Å². The van der Waals surface area contributed by atoms with E-state index < -0.39 is 0 Å². The molecule has 4 heterocycles. The number of rotatable bonds is 0. The molecule has 0 amide bonds. The molecule has 0 aliphatic carbocycles. The molecule has 5 rings (SSSR count). The smallest absolute Gasteiger partial charge is 0.193 e. The molecule has 26 heavy (non-hydrogen) atoms. The minimum atomic E-state index is 0.192. The van der Waals surface area contributed by atoms with Crippen LogP contribution in [0.1, 0.15) is 26.2 Å². The molecule has 4 aliphatic rings. The van der Waals surface area contributed by atoms with Gasteiger partial charge in [-0.15, -0.1) is 0 Å². The van der Waals surface area contributed by atoms with Crippen LogP contribution in [0.4, 0.5) is 11.4 Å². The van der Waals surface area contributed by atoms with Gasteiger partial charge in [0.2, 0.25) is 0 Å². The second-order valence-corrected chi connectivity index (χ2v) is 7.93. The Balaban J connectivity index is 1.58. The van der Waals surface area contributed by atoms with Gasteiger partial charge in [-0.05, 0) is 44.5 Å². The first kappa shape index (κ1) is 16.3. The Hall–Kier alpha value is -1.92. The van der Waals surface area contributed by atoms with Gasteiger partial charge in [0.1, 0.15) is 0 Å². The van der Waals surface area contributed by atoms with Gasteiger partial charge >= 0.3 is 0 Å². The fraction of sp³-hybridized carbons (Fsp3) is 0.526. The molecule has 1 aromatic carbocycles. The highest BCUT2D eigenvalue weighted by molar-refractivity contribution is 6.47. The van der Waals surface area contributed by atoms with Crippen LogP contribution < -0.4 is 5.01 Å². The third kappa shape index (κ3) is 2.72. The first-order valence-electron chi connectivity index (χ1n) is 9.47. The fourth-order valence-electron chi connectivity index (χ4n) is 4.30. The first-order chi connectivity index (χ1) is 12.7. The zero-order valence-corrected chi connectivity index (χ0v) is 15.7. The largest absolute Gasteiger partial charge is 0.351 e. The lowest BCUT2D eigenvalue weighted by Gasteiger charge is -2.41. The quantitative estimate of drug-likeness (QED) is 0.704. The molecule has 0 radical (unpaired) electrons. The fourth-order valence-corrected chi connectivity index (χ4v) is 4.47. The summed E-state index contributed by atoms with van der Waals surface area (Å²) in [5.74, 6) is 1.81. The number of hydrogen-bond donors (Lipinski definition) is 0. The third-order valence-electron chi connectivity index (χ3n) is 5.67. The lowest BCUT2D eigenvalue weighted by Crippen LogP contribution is -2.56. The summed E-state index contributed by atoms with van der Waals surface area (Å²) in [6.07, 6.45) is 5.37. The van der Waals surface area contributed by atoms with E-state index in [4.69, 9.17) is 26.7 Å². The van der Waals surface area contributed by atoms with Crippen LogP contribution in [-0.4, -0.2) is 65.9 Å². The standard InChI is InChI=1S/C19H23ClN6/c1-13-6-7-21-26-17-11-14(20)4-5-16(17)23-18(19(26)22-13)25-10-9-24-8-2-3-15(24)12-25/h4-5,7,11,13,15H,2-3,6,8-10,12H2,1H3. The summed E-state index contributed by atoms with van der Waals surface area (Å²) in [5.41, 5.74) is 1.81. The van der Waals surface area contributed by atoms with Gasteiger partial charge in [-0.3, -0.25) is 9.89 Å². The summed E-state index contributed by atoms with van der Waals surface area (Å²) < 4.78 is 0. The van der Waals surface area contributed by atoms with Crippen molar-refractivity contribution in [3.63, 3.8) is 0 Å². The van der Waals surface area contributed by atoms with Crippen molar-refractivity contribution in [1.29, 1.82) is 0 Å². The van der Waals surface area contributed by atoms with Gasteiger partial charge in [-0.25, -0.2) is 10.0 Å². The van der Waals surface area contributed by atoms with Crippen LogP contribution in [0.3, 0.4) is 0 Å². The molecule has 136 valence electrons. The van der Waals surface area contributed by atoms with Crippen molar-refractivity contribution < 1.29 is 0 Å². The van der Waals surface area contributed by atoms with E-state index in [0.717, 1.165) is 49.1 Å². The average molecular weight is 371 g/mol. The number of piperazine rings is 1. The molecule has 1 aromatic rings. The molecular formula is C19H23ClN6. The molecular weight excluding hydrogens is 348 g/mol. The number of amidine groups is 2. The second-order valence-electron chi connectivity index (χ2n) is 7.49. The first-order valence-corrected chi connectivity index (χ1v) is 9.85. The van der Waals surface area contributed by atoms with Gasteiger partial charge in [0.05, 0.1) is 17.4 Å². The molecule has 0 bridgehead atoms. The lowest BCUT2D eigenvalue weighted by atomic mass is 10.1. The molecule has 2 atom stereocenters. The maximum atomic E-state index is 6.24. The van der Waals surface area contributed by atoms with Crippen LogP contribution in [0.25, 0.3) is 0 Å². The van der Waals surface area contributed by atoms with E-state index in [-0.39, 0.29) is 6.04 Å². The molecule has 7 heteroatoms. The molecule has 2 saturated heterocycles. The summed E-state index contributed by atoms with van der Waals surface area (Å²) in [6, 6.07) is 6.62. The predicted octanol–water partition coefficient (Wildman–Crippen LogP) is 3.15. The van der Waals surface area contributed by atoms with Gasteiger partial charge in [-0.1, -0.05) is 11.6 Å². The Kier molecular flexibility index (Phi) is 3.98. The van der Waals surface area contributed by atoms with E-state index >= 15 is 0 Å². The Bertz CT molecular complexity index is 816. The summed E-state index contributed by atoms with van der Waals surface area (Å²) in [7, 11) is 0. The Morgan fingerprint density at radius 2 is 2.08 bits per heavy atom. The highest BCUT2D eigenvalue weighted by Gasteiger charge is 2.37. The molecule has 6 nitrogen and oxygen atoms in total. The van der Waals surface area contributed by atoms with Crippen LogP contribution in [0.2, 0.25) is 5.02 Å². The van der Waals surface area contributed by atoms with Crippen molar-refractivity contribution >= 4 is 40.9 Å². The van der Waals surface area contributed by atoms with Crippen LogP contribution in [-0.2, 0) is 0 Å². The second kappa shape index (κ2) is 6.35. The van der Waals surface area contributed by atoms with Crippen LogP contribution in [0.5, 0.6) is 0 Å². The average Bonchev–Trinajstić information content (AvgIpc) is 3.01. The van der Waals surface area contributed by atoms with E-state index in [2.05, 4.69) is 16.7 Å². The Morgan fingerprint density at radius 3 is 3.00 bits per heavy atom. The summed E-state index contributed by atoms with van der Waals surface area (Å²) in [6.45, 7) is 6.47. The van der Waals surface area contributed by atoms with Crippen LogP contribution >= 0.6 is 11.6 Å². The Labute approximate surface area is 158 Å². The number of hydrazone groups is 1. The lowest BCUT2D eigenvalue weighted by molar-refractivity contribution is 0.153. The van der Waals surface area contributed by atoms with Crippen LogP contribution in [0, 0.1) is 0 Å². The topological polar surface area (TPSA) is 46.8 Å². The van der Waals surface area contributed by atoms with Crippen molar-refractivity contribution in [1.82, 2.24) is 9.80 Å². The van der Waals surface area contributed by atoms with Gasteiger partial charge in [-0.2, -0.15) is 5.10 Å². The molecule has 0 spiro atoms.